The summed E-state index contributed by atoms with van der Waals surface area (Å²) in [6.07, 6.45) is 2.20. The molecule has 0 heterocycles. The Hall–Kier alpha value is -1.36. The predicted octanol–water partition coefficient (Wildman–Crippen LogP) is 3.54. The molecule has 2 aromatic carbocycles. The third-order valence-electron chi connectivity index (χ3n) is 3.35. The van der Waals surface area contributed by atoms with Crippen molar-refractivity contribution >= 4 is 21.6 Å². The lowest BCUT2D eigenvalue weighted by Crippen LogP contribution is -2.29. The van der Waals surface area contributed by atoms with Crippen molar-refractivity contribution in [1.82, 2.24) is 5.43 Å². The standard InChI is InChI=1S/C16H20BrN3/c1-2-4-11-5-3-6-12(9-11)16(20-19)14-10-13(17)7-8-15(14)18/h3,5-10,16,20H,2,4,18-19H2,1H3. The van der Waals surface area contributed by atoms with Crippen molar-refractivity contribution in [1.29, 1.82) is 0 Å². The van der Waals surface area contributed by atoms with Crippen LogP contribution in [0.25, 0.3) is 0 Å². The highest BCUT2D eigenvalue weighted by molar-refractivity contribution is 9.10. The molecule has 2 aromatic rings. The molecule has 0 saturated heterocycles. The zero-order valence-electron chi connectivity index (χ0n) is 11.6. The largest absolute Gasteiger partial charge is 0.398 e. The van der Waals surface area contributed by atoms with Crippen molar-refractivity contribution < 1.29 is 0 Å². The van der Waals surface area contributed by atoms with E-state index >= 15 is 0 Å². The van der Waals surface area contributed by atoms with Gasteiger partial charge in [0.1, 0.15) is 0 Å². The van der Waals surface area contributed by atoms with E-state index in [4.69, 9.17) is 11.6 Å². The first kappa shape index (κ1) is 15.0. The van der Waals surface area contributed by atoms with Gasteiger partial charge in [0.15, 0.2) is 0 Å². The maximum Gasteiger partial charge on any atom is 0.0730 e. The van der Waals surface area contributed by atoms with E-state index in [-0.39, 0.29) is 6.04 Å². The van der Waals surface area contributed by atoms with E-state index in [0.717, 1.165) is 34.1 Å². The summed E-state index contributed by atoms with van der Waals surface area (Å²) in [5, 5.41) is 0. The van der Waals surface area contributed by atoms with Crippen molar-refractivity contribution in [3.05, 3.63) is 63.6 Å². The normalized spacial score (nSPS) is 12.3. The molecule has 4 heteroatoms. The molecule has 0 aromatic heterocycles. The van der Waals surface area contributed by atoms with Crippen LogP contribution < -0.4 is 17.0 Å². The molecule has 0 bridgehead atoms. The van der Waals surface area contributed by atoms with Crippen molar-refractivity contribution in [2.24, 2.45) is 5.84 Å². The fourth-order valence-electron chi connectivity index (χ4n) is 2.38. The van der Waals surface area contributed by atoms with Crippen LogP contribution in [0.4, 0.5) is 5.69 Å². The van der Waals surface area contributed by atoms with Crippen LogP contribution in [0.15, 0.2) is 46.9 Å². The van der Waals surface area contributed by atoms with Gasteiger partial charge in [0.2, 0.25) is 0 Å². The zero-order valence-corrected chi connectivity index (χ0v) is 13.2. The lowest BCUT2D eigenvalue weighted by atomic mass is 9.95. The van der Waals surface area contributed by atoms with Crippen LogP contribution >= 0.6 is 15.9 Å². The summed E-state index contributed by atoms with van der Waals surface area (Å²) in [5.74, 6) is 5.76. The number of nitrogen functional groups attached to an aromatic ring is 1. The van der Waals surface area contributed by atoms with Gasteiger partial charge in [-0.25, -0.2) is 5.43 Å². The lowest BCUT2D eigenvalue weighted by Gasteiger charge is -2.20. The fraction of sp³-hybridized carbons (Fsp3) is 0.250. The second-order valence-electron chi connectivity index (χ2n) is 4.87. The molecule has 0 amide bonds. The Morgan fingerprint density at radius 2 is 2.00 bits per heavy atom. The first-order chi connectivity index (χ1) is 9.65. The maximum atomic E-state index is 6.08. The summed E-state index contributed by atoms with van der Waals surface area (Å²) in [4.78, 5) is 0. The fourth-order valence-corrected chi connectivity index (χ4v) is 2.76. The average Bonchev–Trinajstić information content (AvgIpc) is 2.44. The lowest BCUT2D eigenvalue weighted by molar-refractivity contribution is 0.637. The van der Waals surface area contributed by atoms with Gasteiger partial charge in [0.05, 0.1) is 6.04 Å². The van der Waals surface area contributed by atoms with Gasteiger partial charge in [-0.05, 0) is 41.3 Å². The Morgan fingerprint density at radius 1 is 1.20 bits per heavy atom. The maximum absolute atomic E-state index is 6.08. The number of nitrogens with one attached hydrogen (secondary N) is 1. The average molecular weight is 334 g/mol. The summed E-state index contributed by atoms with van der Waals surface area (Å²) < 4.78 is 0.992. The summed E-state index contributed by atoms with van der Waals surface area (Å²) >= 11 is 3.48. The third kappa shape index (κ3) is 3.39. The summed E-state index contributed by atoms with van der Waals surface area (Å²) in [7, 11) is 0. The predicted molar refractivity (Wildman–Crippen MR) is 88.2 cm³/mol. The van der Waals surface area contributed by atoms with Gasteiger partial charge in [-0.2, -0.15) is 0 Å². The number of benzene rings is 2. The van der Waals surface area contributed by atoms with Gasteiger partial charge in [0.25, 0.3) is 0 Å². The van der Waals surface area contributed by atoms with Gasteiger partial charge in [-0.1, -0.05) is 53.5 Å². The molecule has 2 rings (SSSR count). The molecule has 3 nitrogen and oxygen atoms in total. The number of nitrogens with two attached hydrogens (primary N) is 2. The summed E-state index contributed by atoms with van der Waals surface area (Å²) in [6.45, 7) is 2.18. The Kier molecular flexibility index (Phi) is 5.17. The van der Waals surface area contributed by atoms with Crippen molar-refractivity contribution in [3.8, 4) is 0 Å². The van der Waals surface area contributed by atoms with Crippen LogP contribution in [-0.4, -0.2) is 0 Å². The van der Waals surface area contributed by atoms with E-state index < -0.39 is 0 Å². The van der Waals surface area contributed by atoms with E-state index in [1.54, 1.807) is 0 Å². The van der Waals surface area contributed by atoms with Gasteiger partial charge >= 0.3 is 0 Å². The van der Waals surface area contributed by atoms with E-state index in [2.05, 4.69) is 52.5 Å². The molecule has 0 aliphatic rings. The first-order valence-corrected chi connectivity index (χ1v) is 7.55. The Bertz CT molecular complexity index is 584. The molecule has 0 saturated carbocycles. The molecule has 20 heavy (non-hydrogen) atoms. The number of anilines is 1. The molecule has 1 unspecified atom stereocenters. The minimum atomic E-state index is -0.107. The molecule has 0 aliphatic carbocycles. The first-order valence-electron chi connectivity index (χ1n) is 6.75. The molecule has 0 radical (unpaired) electrons. The van der Waals surface area contributed by atoms with Crippen LogP contribution in [0.5, 0.6) is 0 Å². The van der Waals surface area contributed by atoms with E-state index in [0.29, 0.717) is 0 Å². The summed E-state index contributed by atoms with van der Waals surface area (Å²) in [5.41, 5.74) is 13.1. The molecular formula is C16H20BrN3. The van der Waals surface area contributed by atoms with Crippen LogP contribution in [-0.2, 0) is 6.42 Å². The summed E-state index contributed by atoms with van der Waals surface area (Å²) in [6, 6.07) is 14.2. The Labute approximate surface area is 128 Å². The monoisotopic (exact) mass is 333 g/mol. The van der Waals surface area contributed by atoms with E-state index in [9.17, 15) is 0 Å². The smallest absolute Gasteiger partial charge is 0.0730 e. The number of aryl methyl sites for hydroxylation is 1. The van der Waals surface area contributed by atoms with Crippen molar-refractivity contribution in [2.75, 3.05) is 5.73 Å². The van der Waals surface area contributed by atoms with Gasteiger partial charge < -0.3 is 5.73 Å². The number of hydrogen-bond acceptors (Lipinski definition) is 3. The van der Waals surface area contributed by atoms with Crippen LogP contribution in [0.3, 0.4) is 0 Å². The Morgan fingerprint density at radius 3 is 2.70 bits per heavy atom. The second kappa shape index (κ2) is 6.88. The number of hydrogen-bond donors (Lipinski definition) is 3. The Balaban J connectivity index is 2.41. The molecule has 0 fully saturated rings. The van der Waals surface area contributed by atoms with E-state index in [1.807, 2.05) is 18.2 Å². The molecule has 0 aliphatic heterocycles. The van der Waals surface area contributed by atoms with Crippen molar-refractivity contribution in [3.63, 3.8) is 0 Å². The van der Waals surface area contributed by atoms with Gasteiger partial charge in [-0.3, -0.25) is 5.84 Å². The highest BCUT2D eigenvalue weighted by Gasteiger charge is 2.15. The second-order valence-corrected chi connectivity index (χ2v) is 5.78. The molecule has 5 N–H and O–H groups in total. The SMILES string of the molecule is CCCc1cccc(C(NN)c2cc(Br)ccc2N)c1. The van der Waals surface area contributed by atoms with E-state index in [1.165, 1.54) is 5.56 Å². The quantitative estimate of drug-likeness (QED) is 0.445. The minimum Gasteiger partial charge on any atom is -0.398 e. The third-order valence-corrected chi connectivity index (χ3v) is 3.84. The minimum absolute atomic E-state index is 0.107. The number of rotatable bonds is 5. The molecular weight excluding hydrogens is 314 g/mol. The zero-order chi connectivity index (χ0) is 14.5. The highest BCUT2D eigenvalue weighted by atomic mass is 79.9. The molecule has 1 atom stereocenters. The molecule has 106 valence electrons. The van der Waals surface area contributed by atoms with Gasteiger partial charge in [-0.15, -0.1) is 0 Å². The topological polar surface area (TPSA) is 64.1 Å². The number of halogens is 1. The van der Waals surface area contributed by atoms with Crippen LogP contribution in [0, 0.1) is 0 Å². The molecule has 0 spiro atoms. The van der Waals surface area contributed by atoms with Crippen LogP contribution in [0.1, 0.15) is 36.1 Å². The van der Waals surface area contributed by atoms with Gasteiger partial charge in [0, 0.05) is 10.2 Å². The van der Waals surface area contributed by atoms with Crippen LogP contribution in [0.2, 0.25) is 0 Å². The highest BCUT2D eigenvalue weighted by Crippen LogP contribution is 2.29. The van der Waals surface area contributed by atoms with Crippen molar-refractivity contribution in [2.45, 2.75) is 25.8 Å². The number of hydrazine groups is 1.